The number of nitrogens with zero attached hydrogens (tertiary/aromatic N) is 1. The van der Waals surface area contributed by atoms with Crippen LogP contribution in [0.4, 0.5) is 0 Å². The first kappa shape index (κ1) is 22.5. The molecule has 0 aromatic heterocycles. The number of amides is 2. The van der Waals surface area contributed by atoms with Crippen molar-refractivity contribution in [3.8, 4) is 0 Å². The molecule has 0 bridgehead atoms. The molecule has 0 spiro atoms. The molecule has 0 saturated heterocycles. The molecule has 7 heteroatoms. The Kier molecular flexibility index (Phi) is 8.27. The molecule has 2 aromatic carbocycles. The van der Waals surface area contributed by atoms with Crippen molar-refractivity contribution in [1.82, 2.24) is 10.2 Å². The molecule has 0 aliphatic heterocycles. The van der Waals surface area contributed by atoms with E-state index in [4.69, 9.17) is 4.74 Å². The fraction of sp³-hybridized carbons (Fsp3) is 0.318. The first-order chi connectivity index (χ1) is 13.8. The highest BCUT2D eigenvalue weighted by Crippen LogP contribution is 2.27. The summed E-state index contributed by atoms with van der Waals surface area (Å²) in [5.41, 5.74) is 3.84. The number of nitrogens with one attached hydrogen (secondary N) is 1. The second kappa shape index (κ2) is 10.7. The third-order valence-corrected chi connectivity index (χ3v) is 5.40. The van der Waals surface area contributed by atoms with Crippen molar-refractivity contribution in [1.29, 1.82) is 0 Å². The number of esters is 1. The molecule has 2 aromatic rings. The lowest BCUT2D eigenvalue weighted by molar-refractivity contribution is -0.131. The van der Waals surface area contributed by atoms with Gasteiger partial charge in [-0.3, -0.25) is 9.59 Å². The van der Waals surface area contributed by atoms with Gasteiger partial charge >= 0.3 is 5.97 Å². The smallest absolute Gasteiger partial charge is 0.338 e. The Hall–Kier alpha value is -2.80. The number of hydrogen-bond acceptors (Lipinski definition) is 5. The third kappa shape index (κ3) is 7.27. The lowest BCUT2D eigenvalue weighted by atomic mass is 10.1. The minimum absolute atomic E-state index is 0.130. The van der Waals surface area contributed by atoms with E-state index >= 15 is 0 Å². The van der Waals surface area contributed by atoms with Gasteiger partial charge in [0.25, 0.3) is 5.91 Å². The molecule has 2 amide bonds. The summed E-state index contributed by atoms with van der Waals surface area (Å²) in [4.78, 5) is 38.0. The molecule has 0 unspecified atom stereocenters. The average Bonchev–Trinajstić information content (AvgIpc) is 2.69. The van der Waals surface area contributed by atoms with Crippen LogP contribution < -0.4 is 5.32 Å². The SMILES string of the molecule is Cc1ccc(SCc2cccc(C(=O)OCC(=O)NCC(=O)N(C)C)c2)c(C)c1. The molecular weight excluding hydrogens is 388 g/mol. The summed E-state index contributed by atoms with van der Waals surface area (Å²) in [6, 6.07) is 13.5. The van der Waals surface area contributed by atoms with Gasteiger partial charge in [-0.1, -0.05) is 29.8 Å². The maximum Gasteiger partial charge on any atom is 0.338 e. The highest BCUT2D eigenvalue weighted by molar-refractivity contribution is 7.98. The van der Waals surface area contributed by atoms with Crippen LogP contribution in [0.3, 0.4) is 0 Å². The van der Waals surface area contributed by atoms with E-state index in [9.17, 15) is 14.4 Å². The molecule has 154 valence electrons. The zero-order valence-corrected chi connectivity index (χ0v) is 18.0. The summed E-state index contributed by atoms with van der Waals surface area (Å²) in [7, 11) is 3.19. The summed E-state index contributed by atoms with van der Waals surface area (Å²) in [6.45, 7) is 3.59. The monoisotopic (exact) mass is 414 g/mol. The van der Waals surface area contributed by atoms with Gasteiger partial charge in [-0.15, -0.1) is 11.8 Å². The number of ether oxygens (including phenoxy) is 1. The van der Waals surface area contributed by atoms with Crippen LogP contribution in [0, 0.1) is 13.8 Å². The number of carbonyl (C=O) groups excluding carboxylic acids is 3. The predicted molar refractivity (Wildman–Crippen MR) is 114 cm³/mol. The number of thioether (sulfide) groups is 1. The molecule has 0 radical (unpaired) electrons. The normalized spacial score (nSPS) is 10.3. The molecular formula is C22H26N2O4S. The van der Waals surface area contributed by atoms with Crippen LogP contribution >= 0.6 is 11.8 Å². The number of hydrogen-bond donors (Lipinski definition) is 1. The fourth-order valence-corrected chi connectivity index (χ4v) is 3.46. The molecule has 29 heavy (non-hydrogen) atoms. The summed E-state index contributed by atoms with van der Waals surface area (Å²) in [5.74, 6) is -0.607. The summed E-state index contributed by atoms with van der Waals surface area (Å²) in [6.07, 6.45) is 0. The van der Waals surface area contributed by atoms with E-state index in [-0.39, 0.29) is 12.5 Å². The first-order valence-electron chi connectivity index (χ1n) is 9.19. The molecule has 2 rings (SSSR count). The van der Waals surface area contributed by atoms with E-state index in [0.29, 0.717) is 5.56 Å². The zero-order valence-electron chi connectivity index (χ0n) is 17.2. The first-order valence-corrected chi connectivity index (χ1v) is 10.2. The Morgan fingerprint density at radius 3 is 2.52 bits per heavy atom. The molecule has 0 fully saturated rings. The van der Waals surface area contributed by atoms with E-state index < -0.39 is 18.5 Å². The molecule has 0 aliphatic rings. The van der Waals surface area contributed by atoms with Crippen molar-refractivity contribution in [2.75, 3.05) is 27.2 Å². The van der Waals surface area contributed by atoms with Crippen LogP contribution in [0.5, 0.6) is 0 Å². The second-order valence-corrected chi connectivity index (χ2v) is 7.92. The quantitative estimate of drug-likeness (QED) is 0.531. The van der Waals surface area contributed by atoms with Gasteiger partial charge in [0.05, 0.1) is 12.1 Å². The van der Waals surface area contributed by atoms with Gasteiger partial charge in [-0.2, -0.15) is 0 Å². The van der Waals surface area contributed by atoms with Crippen molar-refractivity contribution in [3.05, 3.63) is 64.7 Å². The molecule has 1 N–H and O–H groups in total. The van der Waals surface area contributed by atoms with E-state index in [0.717, 1.165) is 11.3 Å². The van der Waals surface area contributed by atoms with Crippen LogP contribution in [-0.4, -0.2) is 49.9 Å². The summed E-state index contributed by atoms with van der Waals surface area (Å²) < 4.78 is 5.05. The Labute approximate surface area is 175 Å². The number of rotatable bonds is 8. The summed E-state index contributed by atoms with van der Waals surface area (Å²) >= 11 is 1.71. The minimum atomic E-state index is -0.572. The van der Waals surface area contributed by atoms with Gasteiger partial charge in [-0.25, -0.2) is 4.79 Å². The topological polar surface area (TPSA) is 75.7 Å². The van der Waals surface area contributed by atoms with Gasteiger partial charge in [0.1, 0.15) is 0 Å². The van der Waals surface area contributed by atoms with Crippen LogP contribution in [0.15, 0.2) is 47.4 Å². The Morgan fingerprint density at radius 1 is 1.07 bits per heavy atom. The lowest BCUT2D eigenvalue weighted by Gasteiger charge is -2.11. The highest BCUT2D eigenvalue weighted by atomic mass is 32.2. The molecule has 0 saturated carbocycles. The second-order valence-electron chi connectivity index (χ2n) is 6.90. The third-order valence-electron chi connectivity index (χ3n) is 4.16. The maximum atomic E-state index is 12.2. The van der Waals surface area contributed by atoms with Crippen molar-refractivity contribution in [3.63, 3.8) is 0 Å². The summed E-state index contributed by atoms with van der Waals surface area (Å²) in [5, 5.41) is 2.42. The maximum absolute atomic E-state index is 12.2. The standard InChI is InChI=1S/C22H26N2O4S/c1-15-8-9-19(16(2)10-15)29-14-17-6-5-7-18(11-17)22(27)28-13-20(25)23-12-21(26)24(3)4/h5-11H,12-14H2,1-4H3,(H,23,25). The molecule has 6 nitrogen and oxygen atoms in total. The Balaban J connectivity index is 1.87. The molecule has 0 aliphatic carbocycles. The van der Waals surface area contributed by atoms with Gasteiger partial charge in [0, 0.05) is 24.7 Å². The van der Waals surface area contributed by atoms with Gasteiger partial charge in [-0.05, 0) is 43.2 Å². The predicted octanol–water partition coefficient (Wildman–Crippen LogP) is 2.96. The van der Waals surface area contributed by atoms with Gasteiger partial charge in [0.15, 0.2) is 6.61 Å². The van der Waals surface area contributed by atoms with Crippen molar-refractivity contribution in [2.45, 2.75) is 24.5 Å². The van der Waals surface area contributed by atoms with Gasteiger partial charge in [0.2, 0.25) is 5.91 Å². The molecule has 0 heterocycles. The average molecular weight is 415 g/mol. The number of benzene rings is 2. The van der Waals surface area contributed by atoms with E-state index in [2.05, 4.69) is 37.4 Å². The Morgan fingerprint density at radius 2 is 1.83 bits per heavy atom. The number of carbonyl (C=O) groups is 3. The van der Waals surface area contributed by atoms with E-state index in [1.165, 1.54) is 20.9 Å². The van der Waals surface area contributed by atoms with Crippen molar-refractivity contribution in [2.24, 2.45) is 0 Å². The number of likely N-dealkylation sites (N-methyl/N-ethyl adjacent to an activating group) is 1. The van der Waals surface area contributed by atoms with Crippen LogP contribution in [0.1, 0.15) is 27.0 Å². The van der Waals surface area contributed by atoms with E-state index in [1.54, 1.807) is 44.1 Å². The number of aryl methyl sites for hydroxylation is 2. The van der Waals surface area contributed by atoms with Crippen LogP contribution in [-0.2, 0) is 20.1 Å². The van der Waals surface area contributed by atoms with Crippen LogP contribution in [0.2, 0.25) is 0 Å². The van der Waals surface area contributed by atoms with Crippen LogP contribution in [0.25, 0.3) is 0 Å². The van der Waals surface area contributed by atoms with Crippen molar-refractivity contribution < 1.29 is 19.1 Å². The van der Waals surface area contributed by atoms with Gasteiger partial charge < -0.3 is 15.0 Å². The largest absolute Gasteiger partial charge is 0.452 e. The zero-order chi connectivity index (χ0) is 21.4. The minimum Gasteiger partial charge on any atom is -0.452 e. The fourth-order valence-electron chi connectivity index (χ4n) is 2.51. The molecule has 0 atom stereocenters. The van der Waals surface area contributed by atoms with Crippen molar-refractivity contribution >= 4 is 29.5 Å². The van der Waals surface area contributed by atoms with E-state index in [1.807, 2.05) is 6.07 Å². The Bertz CT molecular complexity index is 896. The lowest BCUT2D eigenvalue weighted by Crippen LogP contribution is -2.38. The highest BCUT2D eigenvalue weighted by Gasteiger charge is 2.12.